The summed E-state index contributed by atoms with van der Waals surface area (Å²) in [7, 11) is 0. The molecule has 154 valence electrons. The van der Waals surface area contributed by atoms with Gasteiger partial charge in [0, 0.05) is 32.7 Å². The molecule has 29 heavy (non-hydrogen) atoms. The molecule has 2 aromatic rings. The van der Waals surface area contributed by atoms with Crippen LogP contribution in [0.3, 0.4) is 0 Å². The Bertz CT molecular complexity index is 829. The predicted octanol–water partition coefficient (Wildman–Crippen LogP) is 3.29. The highest BCUT2D eigenvalue weighted by Crippen LogP contribution is 2.40. The Kier molecular flexibility index (Phi) is 5.92. The summed E-state index contributed by atoms with van der Waals surface area (Å²) in [6.07, 6.45) is 6.82. The minimum atomic E-state index is -0.284. The summed E-state index contributed by atoms with van der Waals surface area (Å²) < 4.78 is 13.0. The van der Waals surface area contributed by atoms with E-state index < -0.39 is 0 Å². The fourth-order valence-electron chi connectivity index (χ4n) is 4.65. The van der Waals surface area contributed by atoms with Crippen LogP contribution in [0.5, 0.6) is 0 Å². The predicted molar refractivity (Wildman–Crippen MR) is 113 cm³/mol. The third-order valence-electron chi connectivity index (χ3n) is 6.17. The molecule has 1 aromatic heterocycles. The second-order valence-electron chi connectivity index (χ2n) is 8.53. The van der Waals surface area contributed by atoms with Gasteiger partial charge in [0.15, 0.2) is 5.82 Å². The Hall–Kier alpha value is -2.31. The van der Waals surface area contributed by atoms with Crippen molar-refractivity contribution >= 4 is 11.9 Å². The number of hydrogen-bond donors (Lipinski definition) is 1. The summed E-state index contributed by atoms with van der Waals surface area (Å²) in [6, 6.07) is 10.6. The number of likely N-dealkylation sites (tertiary alicyclic amines) is 1. The van der Waals surface area contributed by atoms with Gasteiger partial charge in [0.25, 0.3) is 0 Å². The van der Waals surface area contributed by atoms with Crippen molar-refractivity contribution < 1.29 is 9.50 Å². The SMILES string of the molecule is Cc1ccc(N2CCC3(CC2)CC(O)CN(C/C=C/c2ccc(F)cc2)C3)nn1. The molecule has 0 bridgehead atoms. The average Bonchev–Trinajstić information content (AvgIpc) is 2.70. The highest BCUT2D eigenvalue weighted by molar-refractivity contribution is 5.49. The second kappa shape index (κ2) is 8.59. The Labute approximate surface area is 171 Å². The molecule has 6 heteroatoms. The minimum Gasteiger partial charge on any atom is -0.392 e. The van der Waals surface area contributed by atoms with Crippen molar-refractivity contribution in [1.82, 2.24) is 15.1 Å². The first-order valence-electron chi connectivity index (χ1n) is 10.4. The van der Waals surface area contributed by atoms with Crippen molar-refractivity contribution in [2.75, 3.05) is 37.6 Å². The van der Waals surface area contributed by atoms with Gasteiger partial charge in [-0.1, -0.05) is 24.3 Å². The molecule has 1 spiro atoms. The molecule has 1 N–H and O–H groups in total. The molecule has 0 saturated carbocycles. The monoisotopic (exact) mass is 396 g/mol. The van der Waals surface area contributed by atoms with Gasteiger partial charge in [-0.3, -0.25) is 4.90 Å². The number of β-amino-alcohol motifs (C(OH)–C–C–N with tert-alkyl or cyclic N) is 1. The molecule has 0 radical (unpaired) electrons. The number of anilines is 1. The second-order valence-corrected chi connectivity index (χ2v) is 8.53. The van der Waals surface area contributed by atoms with Crippen molar-refractivity contribution in [3.05, 3.63) is 59.5 Å². The summed E-state index contributed by atoms with van der Waals surface area (Å²) in [6.45, 7) is 6.36. The number of piperidine rings is 2. The number of aliphatic hydroxyl groups is 1. The molecule has 3 heterocycles. The van der Waals surface area contributed by atoms with E-state index in [1.54, 1.807) is 12.1 Å². The van der Waals surface area contributed by atoms with Gasteiger partial charge < -0.3 is 10.0 Å². The summed E-state index contributed by atoms with van der Waals surface area (Å²) in [5.41, 5.74) is 2.09. The van der Waals surface area contributed by atoms with Crippen molar-refractivity contribution in [2.24, 2.45) is 5.41 Å². The van der Waals surface area contributed by atoms with E-state index in [0.717, 1.165) is 62.5 Å². The number of aliphatic hydroxyl groups excluding tert-OH is 1. The molecule has 5 nitrogen and oxygen atoms in total. The van der Waals surface area contributed by atoms with E-state index in [9.17, 15) is 9.50 Å². The number of benzene rings is 1. The van der Waals surface area contributed by atoms with Crippen LogP contribution < -0.4 is 4.90 Å². The van der Waals surface area contributed by atoms with Gasteiger partial charge in [-0.2, -0.15) is 5.10 Å². The standard InChI is InChI=1S/C23H29FN4O/c1-18-4-9-22(26-25-18)28-13-10-23(11-14-28)15-21(29)16-27(17-23)12-2-3-19-5-7-20(24)8-6-19/h2-9,21,29H,10-17H2,1H3/b3-2+. The lowest BCUT2D eigenvalue weighted by Gasteiger charge is -2.49. The summed E-state index contributed by atoms with van der Waals surface area (Å²) >= 11 is 0. The van der Waals surface area contributed by atoms with Gasteiger partial charge in [-0.15, -0.1) is 5.10 Å². The number of nitrogens with zero attached hydrogens (tertiary/aromatic N) is 4. The van der Waals surface area contributed by atoms with Crippen LogP contribution in [0.25, 0.3) is 6.08 Å². The molecule has 1 unspecified atom stereocenters. The van der Waals surface area contributed by atoms with Crippen molar-refractivity contribution in [1.29, 1.82) is 0 Å². The molecular formula is C23H29FN4O. The molecule has 1 aromatic carbocycles. The maximum Gasteiger partial charge on any atom is 0.151 e. The number of hydrogen-bond acceptors (Lipinski definition) is 5. The molecule has 2 aliphatic heterocycles. The number of rotatable bonds is 4. The summed E-state index contributed by atoms with van der Waals surface area (Å²) in [5, 5.41) is 19.0. The molecule has 2 aliphatic rings. The van der Waals surface area contributed by atoms with Gasteiger partial charge in [-0.05, 0) is 61.4 Å². The van der Waals surface area contributed by atoms with Crippen LogP contribution in [0.4, 0.5) is 10.2 Å². The Balaban J connectivity index is 1.35. The van der Waals surface area contributed by atoms with E-state index in [2.05, 4.69) is 26.1 Å². The largest absolute Gasteiger partial charge is 0.392 e. The lowest BCUT2D eigenvalue weighted by atomic mass is 9.71. The average molecular weight is 397 g/mol. The summed E-state index contributed by atoms with van der Waals surface area (Å²) in [4.78, 5) is 4.65. The van der Waals surface area contributed by atoms with Crippen LogP contribution in [0.15, 0.2) is 42.5 Å². The summed E-state index contributed by atoms with van der Waals surface area (Å²) in [5.74, 6) is 0.729. The highest BCUT2D eigenvalue weighted by atomic mass is 19.1. The highest BCUT2D eigenvalue weighted by Gasteiger charge is 2.41. The molecular weight excluding hydrogens is 367 g/mol. The van der Waals surface area contributed by atoms with Gasteiger partial charge in [-0.25, -0.2) is 4.39 Å². The Morgan fingerprint density at radius 2 is 1.90 bits per heavy atom. The number of aryl methyl sites for hydroxylation is 1. The van der Waals surface area contributed by atoms with Crippen molar-refractivity contribution in [3.8, 4) is 0 Å². The molecule has 0 amide bonds. The van der Waals surface area contributed by atoms with E-state index in [1.165, 1.54) is 12.1 Å². The van der Waals surface area contributed by atoms with Crippen molar-refractivity contribution in [2.45, 2.75) is 32.3 Å². The quantitative estimate of drug-likeness (QED) is 0.860. The van der Waals surface area contributed by atoms with E-state index in [-0.39, 0.29) is 17.3 Å². The third kappa shape index (κ3) is 5.00. The molecule has 4 rings (SSSR count). The third-order valence-corrected chi connectivity index (χ3v) is 6.17. The minimum absolute atomic E-state index is 0.163. The Morgan fingerprint density at radius 3 is 2.59 bits per heavy atom. The maximum atomic E-state index is 13.0. The first-order valence-corrected chi connectivity index (χ1v) is 10.4. The van der Waals surface area contributed by atoms with E-state index >= 15 is 0 Å². The lowest BCUT2D eigenvalue weighted by Crippen LogP contribution is -2.53. The molecule has 2 fully saturated rings. The van der Waals surface area contributed by atoms with Crippen LogP contribution in [-0.4, -0.2) is 59.0 Å². The zero-order valence-electron chi connectivity index (χ0n) is 17.0. The van der Waals surface area contributed by atoms with Crippen LogP contribution in [0, 0.1) is 18.2 Å². The smallest absolute Gasteiger partial charge is 0.151 e. The normalized spacial score (nSPS) is 22.4. The van der Waals surface area contributed by atoms with Crippen LogP contribution in [-0.2, 0) is 0 Å². The zero-order valence-corrected chi connectivity index (χ0v) is 17.0. The fraction of sp³-hybridized carbons (Fsp3) is 0.478. The van der Waals surface area contributed by atoms with E-state index in [1.807, 2.05) is 25.1 Å². The molecule has 2 saturated heterocycles. The number of halogens is 1. The van der Waals surface area contributed by atoms with Gasteiger partial charge >= 0.3 is 0 Å². The zero-order chi connectivity index (χ0) is 20.3. The first kappa shape index (κ1) is 20.0. The van der Waals surface area contributed by atoms with Crippen LogP contribution in [0.2, 0.25) is 0 Å². The number of aromatic nitrogens is 2. The Morgan fingerprint density at radius 1 is 1.14 bits per heavy atom. The van der Waals surface area contributed by atoms with E-state index in [0.29, 0.717) is 6.54 Å². The van der Waals surface area contributed by atoms with Gasteiger partial charge in [0.05, 0.1) is 11.8 Å². The lowest BCUT2D eigenvalue weighted by molar-refractivity contribution is -0.0171. The topological polar surface area (TPSA) is 52.5 Å². The molecule has 1 atom stereocenters. The van der Waals surface area contributed by atoms with Gasteiger partial charge in [0.1, 0.15) is 5.82 Å². The van der Waals surface area contributed by atoms with Crippen LogP contribution in [0.1, 0.15) is 30.5 Å². The van der Waals surface area contributed by atoms with Crippen molar-refractivity contribution in [3.63, 3.8) is 0 Å². The van der Waals surface area contributed by atoms with E-state index in [4.69, 9.17) is 0 Å². The van der Waals surface area contributed by atoms with Gasteiger partial charge in [0.2, 0.25) is 0 Å². The first-order chi connectivity index (χ1) is 14.0. The molecule has 0 aliphatic carbocycles. The fourth-order valence-corrected chi connectivity index (χ4v) is 4.65. The van der Waals surface area contributed by atoms with Crippen LogP contribution >= 0.6 is 0 Å². The maximum absolute atomic E-state index is 13.0.